The third-order valence-corrected chi connectivity index (χ3v) is 7.85. The third kappa shape index (κ3) is 6.12. The Morgan fingerprint density at radius 1 is 1.18 bits per heavy atom. The highest BCUT2D eigenvalue weighted by molar-refractivity contribution is 5.98. The molecule has 9 nitrogen and oxygen atoms in total. The molecule has 40 heavy (non-hydrogen) atoms. The largest absolute Gasteiger partial charge is 0.490 e. The van der Waals surface area contributed by atoms with E-state index in [1.807, 2.05) is 46.7 Å². The first kappa shape index (κ1) is 27.6. The summed E-state index contributed by atoms with van der Waals surface area (Å²) in [4.78, 5) is 32.1. The average molecular weight is 550 g/mol. The predicted octanol–water partition coefficient (Wildman–Crippen LogP) is 4.63. The number of amides is 2. The summed E-state index contributed by atoms with van der Waals surface area (Å²) in [5.41, 5.74) is 2.73. The van der Waals surface area contributed by atoms with Crippen LogP contribution in [0, 0.1) is 12.7 Å². The van der Waals surface area contributed by atoms with Crippen LogP contribution in [0.4, 0.5) is 9.18 Å². The van der Waals surface area contributed by atoms with Gasteiger partial charge in [-0.25, -0.2) is 14.2 Å². The van der Waals surface area contributed by atoms with Gasteiger partial charge < -0.3 is 29.9 Å². The number of ether oxygens (including phenoxy) is 1. The molecule has 2 aromatic carbocycles. The van der Waals surface area contributed by atoms with Gasteiger partial charge in [0.2, 0.25) is 0 Å². The number of rotatable bonds is 8. The van der Waals surface area contributed by atoms with E-state index >= 15 is 0 Å². The number of hydrogen-bond acceptors (Lipinski definition) is 5. The number of aryl methyl sites for hydroxylation is 1. The lowest BCUT2D eigenvalue weighted by Crippen LogP contribution is -2.54. The molecular formula is C30H36FN5O4. The van der Waals surface area contributed by atoms with Gasteiger partial charge in [0.05, 0.1) is 30.7 Å². The number of carbonyl (C=O) groups is 2. The van der Waals surface area contributed by atoms with Crippen LogP contribution < -0.4 is 15.4 Å². The fourth-order valence-electron chi connectivity index (χ4n) is 5.87. The van der Waals surface area contributed by atoms with Crippen molar-refractivity contribution < 1.29 is 23.8 Å². The molecular weight excluding hydrogens is 513 g/mol. The quantitative estimate of drug-likeness (QED) is 0.378. The van der Waals surface area contributed by atoms with Gasteiger partial charge in [-0.2, -0.15) is 0 Å². The lowest BCUT2D eigenvalue weighted by atomic mass is 9.89. The number of hydrogen-bond donors (Lipinski definition) is 3. The minimum atomic E-state index is -1.05. The van der Waals surface area contributed by atoms with E-state index in [0.29, 0.717) is 37.4 Å². The lowest BCUT2D eigenvalue weighted by Gasteiger charge is -2.36. The number of aromatic nitrogens is 2. The maximum Gasteiger partial charge on any atom is 0.404 e. The van der Waals surface area contributed by atoms with Crippen molar-refractivity contribution in [2.24, 2.45) is 0 Å². The topological polar surface area (TPSA) is 109 Å². The van der Waals surface area contributed by atoms with E-state index in [4.69, 9.17) is 4.74 Å². The highest BCUT2D eigenvalue weighted by Gasteiger charge is 2.35. The van der Waals surface area contributed by atoms with Gasteiger partial charge >= 0.3 is 6.09 Å². The Labute approximate surface area is 233 Å². The van der Waals surface area contributed by atoms with Crippen molar-refractivity contribution in [3.8, 4) is 17.0 Å². The van der Waals surface area contributed by atoms with Crippen LogP contribution in [0.2, 0.25) is 0 Å². The second-order valence-electron chi connectivity index (χ2n) is 10.6. The maximum absolute atomic E-state index is 14.3. The van der Waals surface area contributed by atoms with E-state index in [2.05, 4.69) is 15.6 Å². The zero-order valence-corrected chi connectivity index (χ0v) is 22.7. The molecule has 0 bridgehead atoms. The van der Waals surface area contributed by atoms with Crippen molar-refractivity contribution in [2.45, 2.75) is 57.2 Å². The number of carbonyl (C=O) groups excluding carboxylic acids is 1. The first-order chi connectivity index (χ1) is 19.4. The molecule has 2 amide bonds. The molecule has 1 saturated heterocycles. The SMILES string of the molecule is Cc1ccc(OCC[C@@H]2CNCCN2C(=O)c2ncn([C@H]3CCCC[C@@H]3NC(=O)O)c2-c2ccccc2)c(F)c1. The van der Waals surface area contributed by atoms with Crippen molar-refractivity contribution in [3.63, 3.8) is 0 Å². The molecule has 0 spiro atoms. The van der Waals surface area contributed by atoms with Crippen molar-refractivity contribution in [1.29, 1.82) is 0 Å². The monoisotopic (exact) mass is 549 g/mol. The van der Waals surface area contributed by atoms with Crippen molar-refractivity contribution >= 4 is 12.0 Å². The number of carboxylic acid groups (broad SMARTS) is 1. The smallest absolute Gasteiger partial charge is 0.404 e. The van der Waals surface area contributed by atoms with Gasteiger partial charge in [-0.05, 0) is 37.5 Å². The van der Waals surface area contributed by atoms with Gasteiger partial charge in [0.1, 0.15) is 0 Å². The fraction of sp³-hybridized carbons (Fsp3) is 0.433. The molecule has 212 valence electrons. The molecule has 2 fully saturated rings. The number of benzene rings is 2. The Bertz CT molecular complexity index is 1330. The molecule has 3 aromatic rings. The highest BCUT2D eigenvalue weighted by Crippen LogP contribution is 2.35. The molecule has 1 saturated carbocycles. The van der Waals surface area contributed by atoms with E-state index in [9.17, 15) is 19.1 Å². The van der Waals surface area contributed by atoms with E-state index in [-0.39, 0.29) is 36.4 Å². The highest BCUT2D eigenvalue weighted by atomic mass is 19.1. The number of halogens is 1. The Balaban J connectivity index is 1.40. The van der Waals surface area contributed by atoms with Crippen LogP contribution >= 0.6 is 0 Å². The molecule has 2 heterocycles. The summed E-state index contributed by atoms with van der Waals surface area (Å²) in [5, 5.41) is 15.5. The number of nitrogens with one attached hydrogen (secondary N) is 2. The van der Waals surface area contributed by atoms with Crippen LogP contribution in [-0.2, 0) is 0 Å². The maximum atomic E-state index is 14.3. The molecule has 3 N–H and O–H groups in total. The van der Waals surface area contributed by atoms with Gasteiger partial charge in [-0.1, -0.05) is 49.2 Å². The van der Waals surface area contributed by atoms with Crippen LogP contribution in [0.1, 0.15) is 54.2 Å². The number of piperazine rings is 1. The number of imidazole rings is 1. The summed E-state index contributed by atoms with van der Waals surface area (Å²) in [6, 6.07) is 14.0. The Hall–Kier alpha value is -3.92. The molecule has 1 aromatic heterocycles. The second-order valence-corrected chi connectivity index (χ2v) is 10.6. The second kappa shape index (κ2) is 12.5. The Morgan fingerprint density at radius 3 is 2.75 bits per heavy atom. The van der Waals surface area contributed by atoms with Crippen LogP contribution in [0.15, 0.2) is 54.9 Å². The molecule has 2 aliphatic rings. The minimum Gasteiger partial charge on any atom is -0.490 e. The summed E-state index contributed by atoms with van der Waals surface area (Å²) in [7, 11) is 0. The molecule has 0 unspecified atom stereocenters. The first-order valence-corrected chi connectivity index (χ1v) is 13.9. The van der Waals surface area contributed by atoms with E-state index in [0.717, 1.165) is 36.8 Å². The van der Waals surface area contributed by atoms with Gasteiger partial charge in [0.25, 0.3) is 5.91 Å². The number of nitrogens with zero attached hydrogens (tertiary/aromatic N) is 3. The molecule has 0 radical (unpaired) electrons. The van der Waals surface area contributed by atoms with Crippen LogP contribution in [-0.4, -0.2) is 69.9 Å². The van der Waals surface area contributed by atoms with Crippen molar-refractivity contribution in [2.75, 3.05) is 26.2 Å². The summed E-state index contributed by atoms with van der Waals surface area (Å²) >= 11 is 0. The van der Waals surface area contributed by atoms with E-state index in [1.165, 1.54) is 6.07 Å². The lowest BCUT2D eigenvalue weighted by molar-refractivity contribution is 0.0600. The average Bonchev–Trinajstić information content (AvgIpc) is 3.39. The molecule has 5 rings (SSSR count). The van der Waals surface area contributed by atoms with Crippen LogP contribution in [0.5, 0.6) is 5.75 Å². The standard InChI is InChI=1S/C30H36FN5O4/c1-20-11-12-26(23(31)17-20)40-16-13-22-18-32-14-15-35(22)29(37)27-28(21-7-3-2-4-8-21)36(19-33-27)25-10-6-5-9-24(25)34-30(38)39/h2-4,7-8,11-12,17,19,22,24-25,32,34H,5-6,9-10,13-16,18H2,1H3,(H,38,39)/t22-,24+,25+/m1/s1. The van der Waals surface area contributed by atoms with Gasteiger partial charge in [0.15, 0.2) is 17.3 Å². The van der Waals surface area contributed by atoms with Crippen LogP contribution in [0.25, 0.3) is 11.3 Å². The molecule has 1 aliphatic carbocycles. The molecule has 1 aliphatic heterocycles. The van der Waals surface area contributed by atoms with E-state index < -0.39 is 11.9 Å². The Morgan fingerprint density at radius 2 is 1.98 bits per heavy atom. The predicted molar refractivity (Wildman–Crippen MR) is 149 cm³/mol. The summed E-state index contributed by atoms with van der Waals surface area (Å²) in [6.07, 6.45) is 4.60. The summed E-state index contributed by atoms with van der Waals surface area (Å²) in [6.45, 7) is 3.85. The van der Waals surface area contributed by atoms with Gasteiger partial charge in [0, 0.05) is 37.7 Å². The van der Waals surface area contributed by atoms with E-state index in [1.54, 1.807) is 18.5 Å². The van der Waals surface area contributed by atoms with Gasteiger partial charge in [-0.3, -0.25) is 4.79 Å². The normalized spacial score (nSPS) is 21.1. The Kier molecular flexibility index (Phi) is 8.64. The first-order valence-electron chi connectivity index (χ1n) is 13.9. The third-order valence-electron chi connectivity index (χ3n) is 7.85. The zero-order valence-electron chi connectivity index (χ0n) is 22.7. The van der Waals surface area contributed by atoms with Crippen molar-refractivity contribution in [1.82, 2.24) is 25.1 Å². The summed E-state index contributed by atoms with van der Waals surface area (Å²) < 4.78 is 22.0. The van der Waals surface area contributed by atoms with Crippen LogP contribution in [0.3, 0.4) is 0 Å². The van der Waals surface area contributed by atoms with Crippen molar-refractivity contribution in [3.05, 3.63) is 71.9 Å². The minimum absolute atomic E-state index is 0.147. The van der Waals surface area contributed by atoms with Gasteiger partial charge in [-0.15, -0.1) is 0 Å². The molecule has 10 heteroatoms. The molecule has 3 atom stereocenters. The fourth-order valence-corrected chi connectivity index (χ4v) is 5.87. The summed E-state index contributed by atoms with van der Waals surface area (Å²) in [5.74, 6) is -0.371. The zero-order chi connectivity index (χ0) is 28.1.